The van der Waals surface area contributed by atoms with Crippen molar-refractivity contribution in [3.63, 3.8) is 0 Å². The van der Waals surface area contributed by atoms with E-state index in [1.54, 1.807) is 0 Å². The first-order valence-electron chi connectivity index (χ1n) is 9.18. The highest BCUT2D eigenvalue weighted by atomic mass is 16.2. The number of amides is 3. The lowest BCUT2D eigenvalue weighted by Gasteiger charge is -2.19. The monoisotopic (exact) mass is 340 g/mol. The molecule has 1 aromatic rings. The van der Waals surface area contributed by atoms with Crippen LogP contribution >= 0.6 is 0 Å². The Balaban J connectivity index is 1.39. The molecule has 2 saturated carbocycles. The Labute approximate surface area is 147 Å². The third kappa shape index (κ3) is 2.57. The zero-order chi connectivity index (χ0) is 17.7. The fourth-order valence-electron chi connectivity index (χ4n) is 5.12. The summed E-state index contributed by atoms with van der Waals surface area (Å²) in [4.78, 5) is 38.9. The van der Waals surface area contributed by atoms with Crippen molar-refractivity contribution in [3.8, 4) is 0 Å². The lowest BCUT2D eigenvalue weighted by atomic mass is 9.81. The summed E-state index contributed by atoms with van der Waals surface area (Å²) in [5, 5.41) is 2.92. The molecule has 4 rings (SSSR count). The number of nitrogens with zero attached hydrogens (tertiary/aromatic N) is 1. The zero-order valence-corrected chi connectivity index (χ0v) is 14.7. The highest BCUT2D eigenvalue weighted by Gasteiger charge is 2.60. The van der Waals surface area contributed by atoms with Gasteiger partial charge in [0.05, 0.1) is 11.8 Å². The number of rotatable bonds is 4. The summed E-state index contributed by atoms with van der Waals surface area (Å²) in [5.74, 6) is 0.336. The van der Waals surface area contributed by atoms with Crippen LogP contribution in [0.1, 0.15) is 36.8 Å². The number of nitrogens with one attached hydrogen (secondary N) is 1. The highest BCUT2D eigenvalue weighted by molar-refractivity contribution is 6.06. The van der Waals surface area contributed by atoms with Gasteiger partial charge in [-0.1, -0.05) is 18.2 Å². The molecule has 132 valence electrons. The largest absolute Gasteiger partial charge is 0.326 e. The van der Waals surface area contributed by atoms with E-state index in [0.29, 0.717) is 11.8 Å². The van der Waals surface area contributed by atoms with Crippen LogP contribution in [0, 0.1) is 37.5 Å². The number of imide groups is 1. The second kappa shape index (κ2) is 5.97. The average molecular weight is 340 g/mol. The number of hydrogen-bond donors (Lipinski definition) is 1. The van der Waals surface area contributed by atoms with Crippen molar-refractivity contribution in [1.82, 2.24) is 4.90 Å². The molecule has 3 aliphatic rings. The third-order valence-electron chi connectivity index (χ3n) is 6.33. The fraction of sp³-hybridized carbons (Fsp3) is 0.550. The molecule has 1 N–H and O–H groups in total. The van der Waals surface area contributed by atoms with E-state index in [9.17, 15) is 14.4 Å². The summed E-state index contributed by atoms with van der Waals surface area (Å²) in [5.41, 5.74) is 2.84. The number of carbonyl (C=O) groups excluding carboxylic acids is 3. The van der Waals surface area contributed by atoms with Crippen LogP contribution in [0.25, 0.3) is 0 Å². The lowest BCUT2D eigenvalue weighted by Crippen LogP contribution is -2.35. The molecule has 1 aliphatic heterocycles. The Morgan fingerprint density at radius 3 is 2.20 bits per heavy atom. The van der Waals surface area contributed by atoms with Gasteiger partial charge in [0.1, 0.15) is 0 Å². The van der Waals surface area contributed by atoms with Gasteiger partial charge in [-0.2, -0.15) is 0 Å². The molecule has 5 heteroatoms. The van der Waals surface area contributed by atoms with Crippen molar-refractivity contribution >= 4 is 23.4 Å². The van der Waals surface area contributed by atoms with Crippen molar-refractivity contribution in [2.45, 2.75) is 39.5 Å². The van der Waals surface area contributed by atoms with Crippen LogP contribution in [-0.4, -0.2) is 29.2 Å². The minimum absolute atomic E-state index is 0.0397. The van der Waals surface area contributed by atoms with Gasteiger partial charge in [0.2, 0.25) is 17.7 Å². The zero-order valence-electron chi connectivity index (χ0n) is 14.7. The molecule has 3 amide bonds. The molecule has 0 aromatic heterocycles. The molecular weight excluding hydrogens is 316 g/mol. The number of para-hydroxylation sites is 1. The van der Waals surface area contributed by atoms with Gasteiger partial charge in [-0.3, -0.25) is 19.3 Å². The smallest absolute Gasteiger partial charge is 0.233 e. The molecule has 3 fully saturated rings. The molecular formula is C20H24N2O3. The van der Waals surface area contributed by atoms with E-state index in [1.165, 1.54) is 4.90 Å². The van der Waals surface area contributed by atoms with E-state index in [-0.39, 0.29) is 42.5 Å². The predicted octanol–water partition coefficient (Wildman–Crippen LogP) is 2.66. The molecule has 1 heterocycles. The first-order chi connectivity index (χ1) is 12.0. The van der Waals surface area contributed by atoms with Gasteiger partial charge < -0.3 is 5.32 Å². The summed E-state index contributed by atoms with van der Waals surface area (Å²) in [6.07, 6.45) is 3.34. The Kier molecular flexibility index (Phi) is 3.89. The molecule has 0 radical (unpaired) electrons. The summed E-state index contributed by atoms with van der Waals surface area (Å²) in [7, 11) is 0. The van der Waals surface area contributed by atoms with Crippen LogP contribution in [0.2, 0.25) is 0 Å². The molecule has 1 aromatic carbocycles. The van der Waals surface area contributed by atoms with E-state index in [2.05, 4.69) is 5.32 Å². The number of carbonyl (C=O) groups is 3. The maximum Gasteiger partial charge on any atom is 0.233 e. The van der Waals surface area contributed by atoms with Gasteiger partial charge in [-0.05, 0) is 56.1 Å². The third-order valence-corrected chi connectivity index (χ3v) is 6.33. The Bertz CT molecular complexity index is 709. The number of benzene rings is 1. The minimum atomic E-state index is -0.155. The number of aryl methyl sites for hydroxylation is 2. The van der Waals surface area contributed by atoms with Crippen molar-refractivity contribution in [1.29, 1.82) is 0 Å². The molecule has 5 nitrogen and oxygen atoms in total. The van der Waals surface area contributed by atoms with Crippen LogP contribution < -0.4 is 5.32 Å². The Morgan fingerprint density at radius 1 is 1.08 bits per heavy atom. The van der Waals surface area contributed by atoms with Gasteiger partial charge in [-0.15, -0.1) is 0 Å². The maximum atomic E-state index is 12.6. The minimum Gasteiger partial charge on any atom is -0.326 e. The topological polar surface area (TPSA) is 66.5 Å². The maximum absolute atomic E-state index is 12.6. The van der Waals surface area contributed by atoms with Crippen molar-refractivity contribution in [2.24, 2.45) is 23.7 Å². The standard InChI is InChI=1S/C20H24N2O3/c1-11-4-3-5-12(2)18(11)21-15(23)8-9-22-19(24)16-13-6-7-14(10-13)17(16)20(22)25/h3-5,13-14,16-17H,6-10H2,1-2H3,(H,21,23)/t13-,14-,16+,17+/m0/s1. The van der Waals surface area contributed by atoms with E-state index in [1.807, 2.05) is 32.0 Å². The average Bonchev–Trinajstić information content (AvgIpc) is 3.24. The van der Waals surface area contributed by atoms with Crippen molar-refractivity contribution in [2.75, 3.05) is 11.9 Å². The number of hydrogen-bond acceptors (Lipinski definition) is 3. The van der Waals surface area contributed by atoms with Crippen LogP contribution in [0.4, 0.5) is 5.69 Å². The fourth-order valence-corrected chi connectivity index (χ4v) is 5.12. The molecule has 0 spiro atoms. The summed E-state index contributed by atoms with van der Waals surface area (Å²) in [6, 6.07) is 5.86. The van der Waals surface area contributed by atoms with E-state index >= 15 is 0 Å². The molecule has 1 saturated heterocycles. The van der Waals surface area contributed by atoms with Crippen LogP contribution in [0.15, 0.2) is 18.2 Å². The quantitative estimate of drug-likeness (QED) is 0.857. The Hall–Kier alpha value is -2.17. The van der Waals surface area contributed by atoms with Crippen LogP contribution in [0.3, 0.4) is 0 Å². The number of anilines is 1. The second-order valence-electron chi connectivity index (χ2n) is 7.78. The normalized spacial score (nSPS) is 30.1. The van der Waals surface area contributed by atoms with Crippen LogP contribution in [0.5, 0.6) is 0 Å². The first-order valence-corrected chi connectivity index (χ1v) is 9.18. The van der Waals surface area contributed by atoms with Crippen molar-refractivity contribution in [3.05, 3.63) is 29.3 Å². The van der Waals surface area contributed by atoms with E-state index < -0.39 is 0 Å². The number of likely N-dealkylation sites (tertiary alicyclic amines) is 1. The molecule has 4 atom stereocenters. The van der Waals surface area contributed by atoms with Gasteiger partial charge in [0.15, 0.2) is 0 Å². The van der Waals surface area contributed by atoms with Gasteiger partial charge in [0, 0.05) is 18.7 Å². The van der Waals surface area contributed by atoms with Crippen molar-refractivity contribution < 1.29 is 14.4 Å². The molecule has 2 bridgehead atoms. The van der Waals surface area contributed by atoms with Gasteiger partial charge in [0.25, 0.3) is 0 Å². The molecule has 0 unspecified atom stereocenters. The lowest BCUT2D eigenvalue weighted by molar-refractivity contribution is -0.140. The molecule has 2 aliphatic carbocycles. The van der Waals surface area contributed by atoms with Crippen LogP contribution in [-0.2, 0) is 14.4 Å². The summed E-state index contributed by atoms with van der Waals surface area (Å²) >= 11 is 0. The highest BCUT2D eigenvalue weighted by Crippen LogP contribution is 2.56. The summed E-state index contributed by atoms with van der Waals surface area (Å²) < 4.78 is 0. The Morgan fingerprint density at radius 2 is 1.64 bits per heavy atom. The first kappa shape index (κ1) is 16.3. The SMILES string of the molecule is Cc1cccc(C)c1NC(=O)CCN1C(=O)[C@@H]2[C@H]3CC[C@@H](C3)[C@H]2C1=O. The summed E-state index contributed by atoms with van der Waals surface area (Å²) in [6.45, 7) is 4.10. The van der Waals surface area contributed by atoms with E-state index in [4.69, 9.17) is 0 Å². The second-order valence-corrected chi connectivity index (χ2v) is 7.78. The van der Waals surface area contributed by atoms with E-state index in [0.717, 1.165) is 36.1 Å². The molecule has 25 heavy (non-hydrogen) atoms. The predicted molar refractivity (Wildman–Crippen MR) is 93.7 cm³/mol. The van der Waals surface area contributed by atoms with Gasteiger partial charge in [-0.25, -0.2) is 0 Å². The van der Waals surface area contributed by atoms with Gasteiger partial charge >= 0.3 is 0 Å². The number of fused-ring (bicyclic) bond motifs is 5.